The van der Waals surface area contributed by atoms with E-state index in [1.54, 1.807) is 0 Å². The van der Waals surface area contributed by atoms with E-state index in [4.69, 9.17) is 19.2 Å². The van der Waals surface area contributed by atoms with Gasteiger partial charge in [0, 0.05) is 12.5 Å². The van der Waals surface area contributed by atoms with E-state index in [2.05, 4.69) is 50.2 Å². The molecule has 0 saturated carbocycles. The molecular weight excluding hydrogens is 413 g/mol. The molecule has 162 valence electrons. The lowest BCUT2D eigenvalue weighted by Gasteiger charge is -2.37. The molecule has 0 amide bonds. The molecule has 0 aliphatic heterocycles. The number of nitrogens with zero attached hydrogens (tertiary/aromatic N) is 1. The summed E-state index contributed by atoms with van der Waals surface area (Å²) in [5, 5.41) is 0. The van der Waals surface area contributed by atoms with Crippen molar-refractivity contribution in [1.82, 2.24) is 4.90 Å². The number of carbonyl (C=O) groups is 1. The van der Waals surface area contributed by atoms with E-state index in [1.165, 1.54) is 0 Å². The Kier molecular flexibility index (Phi) is 11.6. The van der Waals surface area contributed by atoms with Crippen LogP contribution in [-0.2, 0) is 14.8 Å². The lowest BCUT2D eigenvalue weighted by atomic mass is 9.67. The molecule has 29 heavy (non-hydrogen) atoms. The number of phosphoric acid groups is 1. The van der Waals surface area contributed by atoms with Crippen molar-refractivity contribution in [2.24, 2.45) is 0 Å². The Morgan fingerprint density at radius 2 is 1.31 bits per heavy atom. The van der Waals surface area contributed by atoms with Gasteiger partial charge in [-0.05, 0) is 38.6 Å². The summed E-state index contributed by atoms with van der Waals surface area (Å²) in [6.07, 6.45) is 1.31. The van der Waals surface area contributed by atoms with Gasteiger partial charge in [-0.25, -0.2) is 4.57 Å². The molecule has 1 unspecified atom stereocenters. The molecule has 1 atom stereocenters. The Labute approximate surface area is 179 Å². The standard InChI is InChI=1S/C21H27NO.ClH.H3O4P/c1-5-20(23)21(16-17(2)22(3)4,18-12-8-6-9-13-18)19-14-10-7-11-15-19;;1-5(2,3)4/h6-15,17H,5,16H2,1-4H3;1H;(H3,1,2,3,4). The Hall–Kier alpha value is -1.53. The quantitative estimate of drug-likeness (QED) is 0.563. The van der Waals surface area contributed by atoms with Gasteiger partial charge in [-0.2, -0.15) is 0 Å². The van der Waals surface area contributed by atoms with Gasteiger partial charge in [-0.3, -0.25) is 4.79 Å². The zero-order valence-corrected chi connectivity index (χ0v) is 18.9. The third-order valence-electron chi connectivity index (χ3n) is 4.81. The van der Waals surface area contributed by atoms with Gasteiger partial charge < -0.3 is 19.6 Å². The van der Waals surface area contributed by atoms with E-state index in [0.29, 0.717) is 12.5 Å². The summed E-state index contributed by atoms with van der Waals surface area (Å²) in [7, 11) is -0.496. The highest BCUT2D eigenvalue weighted by Gasteiger charge is 2.41. The van der Waals surface area contributed by atoms with Gasteiger partial charge in [0.2, 0.25) is 0 Å². The van der Waals surface area contributed by atoms with Crippen LogP contribution in [0.5, 0.6) is 0 Å². The van der Waals surface area contributed by atoms with Crippen LogP contribution in [0.3, 0.4) is 0 Å². The van der Waals surface area contributed by atoms with E-state index in [1.807, 2.05) is 43.3 Å². The van der Waals surface area contributed by atoms with E-state index >= 15 is 0 Å². The number of ketones is 1. The molecule has 2 aromatic carbocycles. The van der Waals surface area contributed by atoms with E-state index in [-0.39, 0.29) is 18.2 Å². The second kappa shape index (κ2) is 12.2. The summed E-state index contributed by atoms with van der Waals surface area (Å²) in [5.74, 6) is 0.281. The first-order valence-electron chi connectivity index (χ1n) is 9.11. The molecule has 8 heteroatoms. The predicted molar refractivity (Wildman–Crippen MR) is 118 cm³/mol. The van der Waals surface area contributed by atoms with Crippen molar-refractivity contribution in [3.63, 3.8) is 0 Å². The molecule has 0 fully saturated rings. The summed E-state index contributed by atoms with van der Waals surface area (Å²) >= 11 is 0. The third kappa shape index (κ3) is 8.39. The fourth-order valence-electron chi connectivity index (χ4n) is 3.21. The fourth-order valence-corrected chi connectivity index (χ4v) is 3.21. The summed E-state index contributed by atoms with van der Waals surface area (Å²) < 4.78 is 8.88. The molecule has 6 nitrogen and oxygen atoms in total. The molecule has 0 spiro atoms. The van der Waals surface area contributed by atoms with Crippen LogP contribution in [0.1, 0.15) is 37.8 Å². The van der Waals surface area contributed by atoms with Gasteiger partial charge in [0.15, 0.2) is 0 Å². The van der Waals surface area contributed by atoms with E-state index in [9.17, 15) is 4.79 Å². The van der Waals surface area contributed by atoms with Crippen LogP contribution in [0.15, 0.2) is 60.7 Å². The average molecular weight is 444 g/mol. The second-order valence-electron chi connectivity index (χ2n) is 6.94. The van der Waals surface area contributed by atoms with Gasteiger partial charge in [0.25, 0.3) is 0 Å². The Morgan fingerprint density at radius 1 is 0.966 bits per heavy atom. The molecule has 2 aromatic rings. The normalized spacial score (nSPS) is 12.4. The van der Waals surface area contributed by atoms with E-state index in [0.717, 1.165) is 17.5 Å². The number of hydrogen-bond donors (Lipinski definition) is 3. The maximum Gasteiger partial charge on any atom is 0.466 e. The van der Waals surface area contributed by atoms with E-state index < -0.39 is 13.2 Å². The van der Waals surface area contributed by atoms with Crippen LogP contribution in [0.25, 0.3) is 0 Å². The number of carbonyl (C=O) groups excluding carboxylic acids is 1. The second-order valence-corrected chi connectivity index (χ2v) is 7.97. The summed E-state index contributed by atoms with van der Waals surface area (Å²) in [6, 6.07) is 20.7. The molecule has 3 N–H and O–H groups in total. The molecule has 0 aliphatic carbocycles. The van der Waals surface area contributed by atoms with Crippen LogP contribution in [0.2, 0.25) is 0 Å². The number of benzene rings is 2. The SMILES string of the molecule is CCC(=O)C(CC(C)N(C)C)(c1ccccc1)c1ccccc1.Cl.O=P(O)(O)O. The lowest BCUT2D eigenvalue weighted by Crippen LogP contribution is -2.42. The highest BCUT2D eigenvalue weighted by Crippen LogP contribution is 2.39. The maximum atomic E-state index is 13.2. The summed E-state index contributed by atoms with van der Waals surface area (Å²) in [6.45, 7) is 4.15. The van der Waals surface area contributed by atoms with Crippen molar-refractivity contribution in [3.8, 4) is 0 Å². The topological polar surface area (TPSA) is 98.1 Å². The van der Waals surface area contributed by atoms with Crippen molar-refractivity contribution in [2.45, 2.75) is 38.1 Å². The van der Waals surface area contributed by atoms with Crippen LogP contribution in [-0.4, -0.2) is 45.5 Å². The first-order chi connectivity index (χ1) is 13.0. The zero-order valence-electron chi connectivity index (χ0n) is 17.2. The monoisotopic (exact) mass is 443 g/mol. The molecule has 0 radical (unpaired) electrons. The van der Waals surface area contributed by atoms with Crippen LogP contribution in [0, 0.1) is 0 Å². The largest absolute Gasteiger partial charge is 0.466 e. The predicted octanol–water partition coefficient (Wildman–Crippen LogP) is 3.79. The van der Waals surface area contributed by atoms with Gasteiger partial charge in [0.1, 0.15) is 5.78 Å². The lowest BCUT2D eigenvalue weighted by molar-refractivity contribution is -0.123. The third-order valence-corrected chi connectivity index (χ3v) is 4.81. The van der Waals surface area contributed by atoms with Crippen molar-refractivity contribution < 1.29 is 24.0 Å². The number of Topliss-reactive ketones (excluding diaryl/α,β-unsaturated/α-hetero) is 1. The van der Waals surface area contributed by atoms with Crippen LogP contribution in [0.4, 0.5) is 0 Å². The minimum absolute atomic E-state index is 0. The van der Waals surface area contributed by atoms with Gasteiger partial charge >= 0.3 is 7.82 Å². The van der Waals surface area contributed by atoms with Gasteiger partial charge in [-0.15, -0.1) is 12.4 Å². The molecule has 0 bridgehead atoms. The summed E-state index contributed by atoms with van der Waals surface area (Å²) in [4.78, 5) is 36.9. The highest BCUT2D eigenvalue weighted by molar-refractivity contribution is 7.45. The first-order valence-corrected chi connectivity index (χ1v) is 10.7. The Bertz CT molecular complexity index is 732. The van der Waals surface area contributed by atoms with Crippen LogP contribution < -0.4 is 0 Å². The number of rotatable bonds is 7. The van der Waals surface area contributed by atoms with Gasteiger partial charge in [0.05, 0.1) is 5.41 Å². The van der Waals surface area contributed by atoms with Crippen molar-refractivity contribution in [2.75, 3.05) is 14.1 Å². The molecular formula is C21H31ClNO5P. The minimum atomic E-state index is -4.64. The Balaban J connectivity index is 0.00000117. The van der Waals surface area contributed by atoms with Crippen molar-refractivity contribution in [1.29, 1.82) is 0 Å². The van der Waals surface area contributed by atoms with Crippen molar-refractivity contribution in [3.05, 3.63) is 71.8 Å². The molecule has 2 rings (SSSR count). The number of halogens is 1. The zero-order chi connectivity index (χ0) is 21.4. The molecule has 0 heterocycles. The summed E-state index contributed by atoms with van der Waals surface area (Å²) in [5.41, 5.74) is 1.60. The Morgan fingerprint density at radius 3 is 1.59 bits per heavy atom. The maximum absolute atomic E-state index is 13.2. The highest BCUT2D eigenvalue weighted by atomic mass is 35.5. The smallest absolute Gasteiger partial charge is 0.307 e. The molecule has 0 aliphatic rings. The molecule has 0 aromatic heterocycles. The van der Waals surface area contributed by atoms with Gasteiger partial charge in [-0.1, -0.05) is 67.6 Å². The fraction of sp³-hybridized carbons (Fsp3) is 0.381. The minimum Gasteiger partial charge on any atom is -0.307 e. The van der Waals surface area contributed by atoms with Crippen molar-refractivity contribution >= 4 is 26.0 Å². The number of hydrogen-bond acceptors (Lipinski definition) is 3. The average Bonchev–Trinajstić information content (AvgIpc) is 2.65. The first kappa shape index (κ1) is 27.5. The molecule has 0 saturated heterocycles. The van der Waals surface area contributed by atoms with Crippen LogP contribution >= 0.6 is 20.2 Å².